The van der Waals surface area contributed by atoms with Crippen LogP contribution in [0.1, 0.15) is 57.8 Å². The largest absolute Gasteiger partial charge is 0.455 e. The van der Waals surface area contributed by atoms with Gasteiger partial charge in [0, 0.05) is 25.2 Å². The third kappa shape index (κ3) is 3.93. The van der Waals surface area contributed by atoms with Crippen LogP contribution in [-0.4, -0.2) is 87.8 Å². The molecular formula is C30H36O11. The zero-order valence-electron chi connectivity index (χ0n) is 23.7. The number of fused-ring (bicyclic) bond motifs is 5. The molecule has 2 saturated carbocycles. The van der Waals surface area contributed by atoms with E-state index in [9.17, 15) is 34.5 Å². The van der Waals surface area contributed by atoms with Gasteiger partial charge >= 0.3 is 11.9 Å². The Balaban J connectivity index is 1.83. The van der Waals surface area contributed by atoms with Gasteiger partial charge in [-0.3, -0.25) is 14.4 Å². The fourth-order valence-corrected chi connectivity index (χ4v) is 7.81. The lowest BCUT2D eigenvalue weighted by molar-refractivity contribution is -0.345. The number of aliphatic hydroxyl groups is 3. The molecule has 0 aromatic heterocycles. The lowest BCUT2D eigenvalue weighted by atomic mass is 9.44. The van der Waals surface area contributed by atoms with Crippen LogP contribution in [0.3, 0.4) is 0 Å². The van der Waals surface area contributed by atoms with E-state index in [1.54, 1.807) is 39.0 Å². The van der Waals surface area contributed by atoms with Gasteiger partial charge in [0.15, 0.2) is 17.5 Å². The zero-order chi connectivity index (χ0) is 30.1. The van der Waals surface area contributed by atoms with Crippen LogP contribution in [0, 0.1) is 16.7 Å². The van der Waals surface area contributed by atoms with Crippen LogP contribution in [0.25, 0.3) is 0 Å². The number of esters is 2. The van der Waals surface area contributed by atoms with Crippen molar-refractivity contribution in [2.75, 3.05) is 6.61 Å². The lowest BCUT2D eigenvalue weighted by Gasteiger charge is -2.67. The van der Waals surface area contributed by atoms with E-state index < -0.39 is 76.2 Å². The van der Waals surface area contributed by atoms with E-state index in [-0.39, 0.29) is 37.1 Å². The highest BCUT2D eigenvalue weighted by Gasteiger charge is 2.78. The Hall–Kier alpha value is -3.12. The average molecular weight is 573 g/mol. The van der Waals surface area contributed by atoms with Crippen LogP contribution in [0.2, 0.25) is 0 Å². The first-order valence-corrected chi connectivity index (χ1v) is 13.7. The van der Waals surface area contributed by atoms with E-state index in [1.165, 1.54) is 26.0 Å². The summed E-state index contributed by atoms with van der Waals surface area (Å²) in [5.41, 5.74) is -6.36. The second-order valence-electron chi connectivity index (χ2n) is 12.4. The van der Waals surface area contributed by atoms with Crippen molar-refractivity contribution in [1.29, 1.82) is 0 Å². The molecule has 4 aliphatic rings. The monoisotopic (exact) mass is 572 g/mol. The van der Waals surface area contributed by atoms with Gasteiger partial charge in [0.2, 0.25) is 0 Å². The smallest absolute Gasteiger partial charge is 0.338 e. The highest BCUT2D eigenvalue weighted by atomic mass is 16.6. The first-order valence-electron chi connectivity index (χ1n) is 13.7. The van der Waals surface area contributed by atoms with Crippen molar-refractivity contribution >= 4 is 24.2 Å². The molecule has 0 unspecified atom stereocenters. The van der Waals surface area contributed by atoms with Crippen LogP contribution in [0.5, 0.6) is 0 Å². The summed E-state index contributed by atoms with van der Waals surface area (Å²) in [4.78, 5) is 52.6. The molecule has 41 heavy (non-hydrogen) atoms. The molecule has 1 saturated heterocycles. The van der Waals surface area contributed by atoms with Crippen molar-refractivity contribution in [2.24, 2.45) is 16.7 Å². The lowest BCUT2D eigenvalue weighted by Crippen LogP contribution is -2.81. The number of rotatable bonds is 5. The van der Waals surface area contributed by atoms with Crippen LogP contribution >= 0.6 is 0 Å². The van der Waals surface area contributed by atoms with Gasteiger partial charge in [-0.05, 0) is 37.1 Å². The minimum Gasteiger partial charge on any atom is -0.455 e. The Bertz CT molecular complexity index is 1300. The van der Waals surface area contributed by atoms with Crippen LogP contribution in [-0.2, 0) is 33.3 Å². The van der Waals surface area contributed by atoms with E-state index >= 15 is 0 Å². The summed E-state index contributed by atoms with van der Waals surface area (Å²) in [5.74, 6) is -3.63. The first kappa shape index (κ1) is 29.4. The Morgan fingerprint density at radius 1 is 1.12 bits per heavy atom. The SMILES string of the molecule is CC(=O)O[C@@]12CO[C@@H]1C[C@H](O)[C@@]1(C)C(=O)[C@H](OC=O)C3=C(C)[C@@H](O)C[C@@](O)([C@H](OC(=O)c4ccccc4)[C@H]21)C3(C)C. The summed E-state index contributed by atoms with van der Waals surface area (Å²) in [6.45, 7) is 7.35. The zero-order valence-corrected chi connectivity index (χ0v) is 23.7. The van der Waals surface area contributed by atoms with E-state index in [4.69, 9.17) is 18.9 Å². The fourth-order valence-electron chi connectivity index (χ4n) is 7.81. The molecule has 3 N–H and O–H groups in total. The highest BCUT2D eigenvalue weighted by Crippen LogP contribution is 2.64. The molecule has 3 aliphatic carbocycles. The Kier molecular flexibility index (Phi) is 6.97. The third-order valence-electron chi connectivity index (χ3n) is 10.1. The predicted octanol–water partition coefficient (Wildman–Crippen LogP) is 1.26. The van der Waals surface area contributed by atoms with Gasteiger partial charge < -0.3 is 34.3 Å². The second-order valence-corrected chi connectivity index (χ2v) is 12.4. The van der Waals surface area contributed by atoms with Crippen LogP contribution in [0.4, 0.5) is 0 Å². The number of aliphatic hydroxyl groups excluding tert-OH is 2. The molecule has 5 rings (SSSR count). The normalized spacial score (nSPS) is 41.0. The fraction of sp³-hybridized carbons (Fsp3) is 0.600. The van der Waals surface area contributed by atoms with Gasteiger partial charge in [-0.2, -0.15) is 0 Å². The molecular weight excluding hydrogens is 536 g/mol. The van der Waals surface area contributed by atoms with Gasteiger partial charge in [-0.25, -0.2) is 4.79 Å². The maximum absolute atomic E-state index is 14.6. The summed E-state index contributed by atoms with van der Waals surface area (Å²) >= 11 is 0. The number of ether oxygens (including phenoxy) is 4. The first-order chi connectivity index (χ1) is 19.2. The van der Waals surface area contributed by atoms with E-state index in [2.05, 4.69) is 0 Å². The van der Waals surface area contributed by atoms with Crippen molar-refractivity contribution in [1.82, 2.24) is 0 Å². The predicted molar refractivity (Wildman–Crippen MR) is 140 cm³/mol. The Labute approximate surface area is 237 Å². The van der Waals surface area contributed by atoms with E-state index in [0.717, 1.165) is 0 Å². The molecule has 0 amide bonds. The number of carbonyl (C=O) groups is 4. The van der Waals surface area contributed by atoms with Gasteiger partial charge in [0.1, 0.15) is 17.8 Å². The Morgan fingerprint density at radius 2 is 1.78 bits per heavy atom. The quantitative estimate of drug-likeness (QED) is 0.201. The summed E-state index contributed by atoms with van der Waals surface area (Å²) < 4.78 is 23.2. The van der Waals surface area contributed by atoms with E-state index in [1.807, 2.05) is 0 Å². The molecule has 0 radical (unpaired) electrons. The molecule has 9 atom stereocenters. The molecule has 1 heterocycles. The van der Waals surface area contributed by atoms with Crippen molar-refractivity contribution in [2.45, 2.75) is 89.2 Å². The molecule has 3 fully saturated rings. The van der Waals surface area contributed by atoms with Gasteiger partial charge in [0.25, 0.3) is 6.47 Å². The number of carbonyl (C=O) groups excluding carboxylic acids is 4. The van der Waals surface area contributed by atoms with Crippen molar-refractivity contribution in [3.8, 4) is 0 Å². The number of ketones is 1. The van der Waals surface area contributed by atoms with E-state index in [0.29, 0.717) is 5.57 Å². The number of hydrogen-bond donors (Lipinski definition) is 3. The molecule has 11 nitrogen and oxygen atoms in total. The molecule has 0 spiro atoms. The molecule has 11 heteroatoms. The summed E-state index contributed by atoms with van der Waals surface area (Å²) in [6.07, 6.45) is -7.25. The topological polar surface area (TPSA) is 166 Å². The third-order valence-corrected chi connectivity index (χ3v) is 10.1. The van der Waals surface area contributed by atoms with Gasteiger partial charge in [-0.1, -0.05) is 32.0 Å². The minimum atomic E-state index is -2.10. The summed E-state index contributed by atoms with van der Waals surface area (Å²) in [6, 6.07) is 8.04. The highest BCUT2D eigenvalue weighted by molar-refractivity contribution is 5.95. The minimum absolute atomic E-state index is 0.109. The van der Waals surface area contributed by atoms with Crippen molar-refractivity contribution in [3.05, 3.63) is 47.0 Å². The average Bonchev–Trinajstić information content (AvgIpc) is 2.91. The molecule has 1 aliphatic heterocycles. The van der Waals surface area contributed by atoms with Crippen LogP contribution < -0.4 is 0 Å². The van der Waals surface area contributed by atoms with Gasteiger partial charge in [-0.15, -0.1) is 0 Å². The number of benzene rings is 1. The van der Waals surface area contributed by atoms with Gasteiger partial charge in [0.05, 0.1) is 35.7 Å². The molecule has 2 bridgehead atoms. The second kappa shape index (κ2) is 9.72. The number of Topliss-reactive ketones (excluding diaryl/α,β-unsaturated/α-hetero) is 1. The standard InChI is InChI=1S/C30H36O11/c1-15-18(33)12-30(37)25(40-26(36)17-9-7-6-8-10-17)23-28(5,24(35)22(39-14-31)21(15)27(30,3)4)19(34)11-20-29(23,13-38-20)41-16(2)32/h6-10,14,18-20,22-23,25,33-34,37H,11-13H2,1-5H3/t18-,19-,20+,22+,23-,25+,28+,29-,30+/m0/s1. The molecule has 1 aromatic rings. The molecule has 1 aromatic carbocycles. The van der Waals surface area contributed by atoms with Crippen LogP contribution in [0.15, 0.2) is 41.5 Å². The van der Waals surface area contributed by atoms with Crippen molar-refractivity contribution < 1.29 is 53.4 Å². The maximum atomic E-state index is 14.6. The summed E-state index contributed by atoms with van der Waals surface area (Å²) in [7, 11) is 0. The summed E-state index contributed by atoms with van der Waals surface area (Å²) in [5, 5.41) is 35.6. The Morgan fingerprint density at radius 3 is 2.34 bits per heavy atom. The van der Waals surface area contributed by atoms with Crippen molar-refractivity contribution in [3.63, 3.8) is 0 Å². The maximum Gasteiger partial charge on any atom is 0.338 e. The number of hydrogen-bond acceptors (Lipinski definition) is 11. The molecule has 222 valence electrons.